The number of carboxylic acid groups (broad SMARTS) is 1. The largest absolute Gasteiger partial charge is 0.545 e. The van der Waals surface area contributed by atoms with Gasteiger partial charge in [0.15, 0.2) is 0 Å². The van der Waals surface area contributed by atoms with E-state index < -0.39 is 15.0 Å². The number of carboxylic acids is 1. The van der Waals surface area contributed by atoms with Gasteiger partial charge in [-0.3, -0.25) is 0 Å². The highest BCUT2D eigenvalue weighted by atomic mass is 35.7. The number of aryl methyl sites for hydroxylation is 1. The lowest BCUT2D eigenvalue weighted by molar-refractivity contribution is -0.617. The lowest BCUT2D eigenvalue weighted by Crippen LogP contribution is -2.33. The predicted molar refractivity (Wildman–Crippen MR) is 119 cm³/mol. The molecule has 9 heteroatoms. The van der Waals surface area contributed by atoms with Crippen molar-refractivity contribution in [2.24, 2.45) is 7.05 Å². The minimum Gasteiger partial charge on any atom is -0.545 e. The number of rotatable bonds is 5. The zero-order valence-electron chi connectivity index (χ0n) is 17.4. The van der Waals surface area contributed by atoms with Crippen molar-refractivity contribution in [1.29, 1.82) is 0 Å². The molecule has 3 aromatic carbocycles. The number of aromatic nitrogens is 1. The monoisotopic (exact) mass is 471 g/mol. The second kappa shape index (κ2) is 7.96. The maximum atomic E-state index is 12.5. The molecule has 0 saturated heterocycles. The minimum absolute atomic E-state index is 0.0472. The van der Waals surface area contributed by atoms with E-state index in [2.05, 4.69) is 0 Å². The van der Waals surface area contributed by atoms with Gasteiger partial charge in [-0.1, -0.05) is 30.3 Å². The molecule has 32 heavy (non-hydrogen) atoms. The van der Waals surface area contributed by atoms with Gasteiger partial charge in [0.05, 0.1) is 37.0 Å². The number of ether oxygens (including phenoxy) is 2. The second-order valence-corrected chi connectivity index (χ2v) is 9.62. The highest BCUT2D eigenvalue weighted by molar-refractivity contribution is 8.13. The lowest BCUT2D eigenvalue weighted by atomic mass is 9.93. The Morgan fingerprint density at radius 2 is 1.69 bits per heavy atom. The maximum Gasteiger partial charge on any atom is 0.265 e. The van der Waals surface area contributed by atoms with E-state index in [4.69, 9.17) is 20.2 Å². The van der Waals surface area contributed by atoms with Gasteiger partial charge in [0.25, 0.3) is 9.05 Å². The van der Waals surface area contributed by atoms with E-state index in [0.717, 1.165) is 0 Å². The van der Waals surface area contributed by atoms with Gasteiger partial charge in [0.1, 0.15) is 23.4 Å². The SMILES string of the molecule is COc1ccc2c(C(=O)[O-])c3c(-c4ccccc4)c(OC)c(S(=O)(=O)Cl)cc3[n+](C)c2c1. The summed E-state index contributed by atoms with van der Waals surface area (Å²) in [7, 11) is 6.03. The number of pyridine rings is 1. The first-order chi connectivity index (χ1) is 15.2. The lowest BCUT2D eigenvalue weighted by Gasteiger charge is -2.19. The van der Waals surface area contributed by atoms with Crippen LogP contribution in [0.5, 0.6) is 11.5 Å². The Bertz CT molecular complexity index is 1500. The van der Waals surface area contributed by atoms with E-state index in [1.54, 1.807) is 60.1 Å². The third-order valence-corrected chi connectivity index (χ3v) is 6.73. The molecule has 0 unspecified atom stereocenters. The van der Waals surface area contributed by atoms with Crippen LogP contribution in [0, 0.1) is 0 Å². The van der Waals surface area contributed by atoms with Crippen LogP contribution >= 0.6 is 10.7 Å². The molecule has 0 fully saturated rings. The Hall–Kier alpha value is -3.36. The first-order valence-corrected chi connectivity index (χ1v) is 11.8. The number of methoxy groups -OCH3 is 2. The average molecular weight is 472 g/mol. The standard InChI is InChI=1S/C23H18ClNO6S/c1-25-16-11-14(30-2)9-10-15(16)20(23(26)27)21-17(25)12-18(32(24,28)29)22(31-3)19(21)13-7-5-4-6-8-13/h4-12H,1-3H3. The number of hydrogen-bond acceptors (Lipinski definition) is 6. The van der Waals surface area contributed by atoms with Gasteiger partial charge in [-0.25, -0.2) is 8.42 Å². The molecule has 0 amide bonds. The van der Waals surface area contributed by atoms with E-state index >= 15 is 0 Å². The van der Waals surface area contributed by atoms with Gasteiger partial charge in [-0.2, -0.15) is 4.57 Å². The van der Waals surface area contributed by atoms with Gasteiger partial charge in [-0.05, 0) is 17.7 Å². The quantitative estimate of drug-likeness (QED) is 0.252. The fourth-order valence-corrected chi connectivity index (χ4v) is 5.02. The summed E-state index contributed by atoms with van der Waals surface area (Å²) in [4.78, 5) is 12.2. The van der Waals surface area contributed by atoms with E-state index in [1.165, 1.54) is 20.3 Å². The van der Waals surface area contributed by atoms with Crippen molar-refractivity contribution in [3.05, 3.63) is 60.2 Å². The Morgan fingerprint density at radius 3 is 2.25 bits per heavy atom. The Morgan fingerprint density at radius 1 is 1.00 bits per heavy atom. The summed E-state index contributed by atoms with van der Waals surface area (Å²) in [6.07, 6.45) is 0. The maximum absolute atomic E-state index is 12.5. The molecule has 0 atom stereocenters. The average Bonchev–Trinajstić information content (AvgIpc) is 2.77. The first kappa shape index (κ1) is 21.9. The molecule has 0 aliphatic carbocycles. The third-order valence-electron chi connectivity index (χ3n) is 5.41. The van der Waals surface area contributed by atoms with E-state index in [0.29, 0.717) is 27.7 Å². The molecule has 0 spiro atoms. The second-order valence-electron chi connectivity index (χ2n) is 7.09. The van der Waals surface area contributed by atoms with Crippen molar-refractivity contribution in [1.82, 2.24) is 0 Å². The van der Waals surface area contributed by atoms with E-state index in [1.807, 2.05) is 0 Å². The number of hydrogen-bond donors (Lipinski definition) is 0. The van der Waals surface area contributed by atoms with Crippen LogP contribution in [0.3, 0.4) is 0 Å². The smallest absolute Gasteiger partial charge is 0.265 e. The zero-order chi connectivity index (χ0) is 23.2. The van der Waals surface area contributed by atoms with Crippen molar-refractivity contribution >= 4 is 47.5 Å². The van der Waals surface area contributed by atoms with Gasteiger partial charge in [0, 0.05) is 27.9 Å². The molecular weight excluding hydrogens is 454 g/mol. The number of carbonyl (C=O) groups excluding carboxylic acids is 1. The van der Waals surface area contributed by atoms with Crippen LogP contribution < -0.4 is 19.1 Å². The fraction of sp³-hybridized carbons (Fsp3) is 0.130. The third kappa shape index (κ3) is 3.41. The molecule has 0 N–H and O–H groups in total. The van der Waals surface area contributed by atoms with Crippen LogP contribution in [-0.4, -0.2) is 28.6 Å². The molecule has 0 aliphatic rings. The predicted octanol–water partition coefficient (Wildman–Crippen LogP) is 2.79. The Balaban J connectivity index is 2.39. The van der Waals surface area contributed by atoms with Crippen LogP contribution in [0.1, 0.15) is 10.4 Å². The summed E-state index contributed by atoms with van der Waals surface area (Å²) in [5, 5.41) is 13.1. The van der Waals surface area contributed by atoms with Crippen molar-refractivity contribution < 1.29 is 32.4 Å². The number of halogens is 1. The van der Waals surface area contributed by atoms with Crippen LogP contribution in [-0.2, 0) is 16.1 Å². The van der Waals surface area contributed by atoms with Crippen molar-refractivity contribution in [2.45, 2.75) is 4.90 Å². The number of fused-ring (bicyclic) bond motifs is 2. The molecule has 4 aromatic rings. The molecule has 0 bridgehead atoms. The Labute approximate surface area is 188 Å². The fourth-order valence-electron chi connectivity index (χ4n) is 4.01. The van der Waals surface area contributed by atoms with Crippen LogP contribution in [0.15, 0.2) is 59.5 Å². The summed E-state index contributed by atoms with van der Waals surface area (Å²) in [5.41, 5.74) is 1.60. The normalized spacial score (nSPS) is 11.6. The first-order valence-electron chi connectivity index (χ1n) is 9.45. The molecule has 7 nitrogen and oxygen atoms in total. The molecule has 0 radical (unpaired) electrons. The van der Waals surface area contributed by atoms with Crippen molar-refractivity contribution in [2.75, 3.05) is 14.2 Å². The molecule has 164 valence electrons. The van der Waals surface area contributed by atoms with Crippen molar-refractivity contribution in [3.63, 3.8) is 0 Å². The molecule has 1 heterocycles. The van der Waals surface area contributed by atoms with E-state index in [9.17, 15) is 18.3 Å². The van der Waals surface area contributed by atoms with Crippen molar-refractivity contribution in [3.8, 4) is 22.6 Å². The molecular formula is C23H18ClNO6S. The summed E-state index contributed by atoms with van der Waals surface area (Å²) < 4.78 is 37.4. The summed E-state index contributed by atoms with van der Waals surface area (Å²) in [6.45, 7) is 0. The molecule has 4 rings (SSSR count). The topological polar surface area (TPSA) is 96.6 Å². The van der Waals surface area contributed by atoms with Crippen LogP contribution in [0.2, 0.25) is 0 Å². The van der Waals surface area contributed by atoms with E-state index in [-0.39, 0.29) is 27.2 Å². The minimum atomic E-state index is -4.24. The zero-order valence-corrected chi connectivity index (χ0v) is 19.0. The molecule has 0 aliphatic heterocycles. The van der Waals surface area contributed by atoms with Gasteiger partial charge in [-0.15, -0.1) is 0 Å². The van der Waals surface area contributed by atoms with Gasteiger partial charge < -0.3 is 19.4 Å². The Kier molecular flexibility index (Phi) is 5.44. The summed E-state index contributed by atoms with van der Waals surface area (Å²) >= 11 is 0. The number of nitrogens with zero attached hydrogens (tertiary/aromatic N) is 1. The number of benzene rings is 3. The molecule has 1 aromatic heterocycles. The number of carbonyl (C=O) groups is 1. The summed E-state index contributed by atoms with van der Waals surface area (Å²) in [5.74, 6) is -0.945. The summed E-state index contributed by atoms with van der Waals surface area (Å²) in [6, 6.07) is 15.0. The van der Waals surface area contributed by atoms with Gasteiger partial charge >= 0.3 is 0 Å². The number of aromatic carboxylic acids is 1. The van der Waals surface area contributed by atoms with Crippen LogP contribution in [0.25, 0.3) is 32.9 Å². The van der Waals surface area contributed by atoms with Gasteiger partial charge in [0.2, 0.25) is 11.0 Å². The highest BCUT2D eigenvalue weighted by Crippen LogP contribution is 2.44. The highest BCUT2D eigenvalue weighted by Gasteiger charge is 2.30. The van der Waals surface area contributed by atoms with Crippen LogP contribution in [0.4, 0.5) is 0 Å². The molecule has 0 saturated carbocycles.